The van der Waals surface area contributed by atoms with Crippen molar-refractivity contribution in [2.75, 3.05) is 45.4 Å². The number of amidine groups is 1. The molecule has 2 aromatic carbocycles. The maximum Gasteiger partial charge on any atom is 0.291 e. The van der Waals surface area contributed by atoms with Gasteiger partial charge in [0.1, 0.15) is 18.2 Å². The van der Waals surface area contributed by atoms with Crippen molar-refractivity contribution in [1.82, 2.24) is 0 Å². The van der Waals surface area contributed by atoms with Crippen molar-refractivity contribution in [3.8, 4) is 11.5 Å². The van der Waals surface area contributed by atoms with Crippen LogP contribution in [0, 0.1) is 11.7 Å². The summed E-state index contributed by atoms with van der Waals surface area (Å²) in [6, 6.07) is 12.5. The molecular weight excluding hydrogens is 439 g/mol. The fourth-order valence-electron chi connectivity index (χ4n) is 3.38. The van der Waals surface area contributed by atoms with E-state index in [-0.39, 0.29) is 12.4 Å². The average Bonchev–Trinajstić information content (AvgIpc) is 2.86. The van der Waals surface area contributed by atoms with Gasteiger partial charge in [0.15, 0.2) is 5.75 Å². The van der Waals surface area contributed by atoms with Gasteiger partial charge in [0.25, 0.3) is 6.02 Å². The molecule has 0 saturated carbocycles. The third kappa shape index (κ3) is 8.00. The molecule has 2 aromatic rings. The summed E-state index contributed by atoms with van der Waals surface area (Å²) >= 11 is 0. The van der Waals surface area contributed by atoms with E-state index >= 15 is 0 Å². The van der Waals surface area contributed by atoms with Crippen molar-refractivity contribution >= 4 is 17.9 Å². The highest BCUT2D eigenvalue weighted by Gasteiger charge is 2.12. The lowest BCUT2D eigenvalue weighted by atomic mass is 10.0. The van der Waals surface area contributed by atoms with Gasteiger partial charge in [-0.15, -0.1) is 0 Å². The summed E-state index contributed by atoms with van der Waals surface area (Å²) in [4.78, 5) is 11.6. The van der Waals surface area contributed by atoms with Gasteiger partial charge in [0.2, 0.25) is 0 Å². The predicted octanol–water partition coefficient (Wildman–Crippen LogP) is 3.98. The number of nitrogens with zero attached hydrogens (tertiary/aromatic N) is 3. The number of aliphatic imine (C=N–C) groups is 1. The highest BCUT2D eigenvalue weighted by atomic mass is 19.1. The highest BCUT2D eigenvalue weighted by molar-refractivity contribution is 5.91. The largest absolute Gasteiger partial charge is 0.489 e. The number of hydrogen-bond donors (Lipinski definition) is 1. The van der Waals surface area contributed by atoms with Crippen molar-refractivity contribution in [2.24, 2.45) is 21.8 Å². The molecule has 3 rings (SSSR count). The number of methoxy groups -OCH3 is 1. The molecular formula is C25H33FN4O4. The number of halogens is 1. The van der Waals surface area contributed by atoms with Crippen LogP contribution in [0.4, 0.5) is 10.1 Å². The van der Waals surface area contributed by atoms with E-state index in [0.717, 1.165) is 43.7 Å². The number of hydrogen-bond acceptors (Lipinski definition) is 7. The molecule has 0 aliphatic carbocycles. The Bertz CT molecular complexity index is 946. The molecule has 8 nitrogen and oxygen atoms in total. The van der Waals surface area contributed by atoms with Crippen LogP contribution in [0.1, 0.15) is 24.8 Å². The molecule has 1 heterocycles. The van der Waals surface area contributed by atoms with Crippen LogP contribution in [0.3, 0.4) is 0 Å². The van der Waals surface area contributed by atoms with Crippen molar-refractivity contribution in [3.63, 3.8) is 0 Å². The van der Waals surface area contributed by atoms with Crippen molar-refractivity contribution in [3.05, 3.63) is 53.8 Å². The van der Waals surface area contributed by atoms with Gasteiger partial charge >= 0.3 is 0 Å². The van der Waals surface area contributed by atoms with Crippen LogP contribution < -0.4 is 20.2 Å². The molecule has 0 aromatic heterocycles. The Hall–Kier alpha value is -3.17. The minimum atomic E-state index is -0.452. The molecule has 1 aliphatic heterocycles. The third-order valence-corrected chi connectivity index (χ3v) is 5.35. The molecule has 1 aliphatic rings. The minimum Gasteiger partial charge on any atom is -0.489 e. The Morgan fingerprint density at radius 3 is 2.62 bits per heavy atom. The van der Waals surface area contributed by atoms with Crippen molar-refractivity contribution < 1.29 is 23.4 Å². The van der Waals surface area contributed by atoms with Gasteiger partial charge in [0, 0.05) is 62.8 Å². The summed E-state index contributed by atoms with van der Waals surface area (Å²) < 4.78 is 30.5. The van der Waals surface area contributed by atoms with E-state index in [2.05, 4.69) is 10.1 Å². The molecule has 0 unspecified atom stereocenters. The molecule has 0 spiro atoms. The zero-order chi connectivity index (χ0) is 24.2. The molecule has 0 bridgehead atoms. The molecule has 0 amide bonds. The normalized spacial score (nSPS) is 14.9. The second kappa shape index (κ2) is 13.5. The van der Waals surface area contributed by atoms with Gasteiger partial charge in [-0.05, 0) is 43.5 Å². The van der Waals surface area contributed by atoms with Gasteiger partial charge < -0.3 is 24.8 Å². The molecule has 0 radical (unpaired) electrons. The summed E-state index contributed by atoms with van der Waals surface area (Å²) in [5, 5.41) is 4.00. The number of benzene rings is 2. The molecule has 1 fully saturated rings. The second-order valence-corrected chi connectivity index (χ2v) is 7.94. The smallest absolute Gasteiger partial charge is 0.291 e. The molecule has 2 N–H and O–H groups in total. The highest BCUT2D eigenvalue weighted by Crippen LogP contribution is 2.24. The first-order valence-electron chi connectivity index (χ1n) is 11.4. The number of rotatable bonds is 10. The molecule has 34 heavy (non-hydrogen) atoms. The standard InChI is InChI=1S/C25H33FN4O4/c1-30(25(31-2)28-11-3-10-27)22-6-4-20(5-7-22)18-33-23-14-21(26)15-24(16-23)34-29-17-19-8-12-32-13-9-19/h4-7,14-17,19H,3,8-13,18,27H2,1-2H3. The topological polar surface area (TPSA) is 90.9 Å². The maximum absolute atomic E-state index is 14.0. The summed E-state index contributed by atoms with van der Waals surface area (Å²) in [6.45, 7) is 2.92. The number of nitrogens with two attached hydrogens (primary N) is 1. The molecule has 9 heteroatoms. The van der Waals surface area contributed by atoms with Gasteiger partial charge in [-0.2, -0.15) is 0 Å². The lowest BCUT2D eigenvalue weighted by Crippen LogP contribution is -2.28. The lowest BCUT2D eigenvalue weighted by Gasteiger charge is -2.20. The number of oxime groups is 1. The predicted molar refractivity (Wildman–Crippen MR) is 131 cm³/mol. The summed E-state index contributed by atoms with van der Waals surface area (Å²) in [6.07, 6.45) is 4.37. The van der Waals surface area contributed by atoms with E-state index in [1.807, 2.05) is 36.2 Å². The van der Waals surface area contributed by atoms with Crippen molar-refractivity contribution in [1.29, 1.82) is 0 Å². The SMILES string of the molecule is COC(=NCCCN)N(C)c1ccc(COc2cc(F)cc(ON=CC3CCOCC3)c2)cc1. The molecule has 184 valence electrons. The van der Waals surface area contributed by atoms with E-state index in [9.17, 15) is 4.39 Å². The summed E-state index contributed by atoms with van der Waals surface area (Å²) in [7, 11) is 3.47. The first-order chi connectivity index (χ1) is 16.6. The Morgan fingerprint density at radius 1 is 1.18 bits per heavy atom. The molecule has 0 atom stereocenters. The Kier molecular flexibility index (Phi) is 10.1. The molecule has 1 saturated heterocycles. The quantitative estimate of drug-likeness (QED) is 0.243. The summed E-state index contributed by atoms with van der Waals surface area (Å²) in [5.41, 5.74) is 7.37. The Morgan fingerprint density at radius 2 is 1.91 bits per heavy atom. The van der Waals surface area contributed by atoms with Gasteiger partial charge in [0.05, 0.1) is 7.11 Å². The van der Waals surface area contributed by atoms with E-state index in [4.69, 9.17) is 24.8 Å². The fourth-order valence-corrected chi connectivity index (χ4v) is 3.38. The van der Waals surface area contributed by atoms with Crippen molar-refractivity contribution in [2.45, 2.75) is 25.9 Å². The fraction of sp³-hybridized carbons (Fsp3) is 0.440. The monoisotopic (exact) mass is 472 g/mol. The Labute approximate surface area is 200 Å². The van der Waals surface area contributed by atoms with Crippen LogP contribution in [0.2, 0.25) is 0 Å². The zero-order valence-corrected chi connectivity index (χ0v) is 19.8. The number of ether oxygens (including phenoxy) is 3. The van der Waals surface area contributed by atoms with Crippen LogP contribution in [0.25, 0.3) is 0 Å². The second-order valence-electron chi connectivity index (χ2n) is 7.94. The lowest BCUT2D eigenvalue weighted by molar-refractivity contribution is 0.0833. The third-order valence-electron chi connectivity index (χ3n) is 5.35. The zero-order valence-electron chi connectivity index (χ0n) is 19.8. The Balaban J connectivity index is 1.55. The first-order valence-corrected chi connectivity index (χ1v) is 11.4. The van der Waals surface area contributed by atoms with Crippen LogP contribution in [-0.2, 0) is 16.1 Å². The van der Waals surface area contributed by atoms with Gasteiger partial charge in [-0.1, -0.05) is 17.3 Å². The van der Waals surface area contributed by atoms with E-state index in [1.54, 1.807) is 19.4 Å². The van der Waals surface area contributed by atoms with Gasteiger partial charge in [-0.3, -0.25) is 4.90 Å². The van der Waals surface area contributed by atoms with E-state index in [1.165, 1.54) is 12.1 Å². The van der Waals surface area contributed by atoms with Crippen LogP contribution >= 0.6 is 0 Å². The van der Waals surface area contributed by atoms with Crippen LogP contribution in [0.5, 0.6) is 11.5 Å². The van der Waals surface area contributed by atoms with Crippen LogP contribution in [0.15, 0.2) is 52.6 Å². The van der Waals surface area contributed by atoms with Gasteiger partial charge in [-0.25, -0.2) is 9.38 Å². The first kappa shape index (κ1) is 25.5. The minimum absolute atomic E-state index is 0.278. The average molecular weight is 473 g/mol. The van der Waals surface area contributed by atoms with E-state index < -0.39 is 5.82 Å². The number of anilines is 1. The maximum atomic E-state index is 14.0. The van der Waals surface area contributed by atoms with Crippen LogP contribution in [-0.4, -0.2) is 52.7 Å². The summed E-state index contributed by atoms with van der Waals surface area (Å²) in [5.74, 6) is 0.520. The van der Waals surface area contributed by atoms with E-state index in [0.29, 0.717) is 30.8 Å².